The third kappa shape index (κ3) is 0.725. The first-order chi connectivity index (χ1) is 5.11. The number of aromatic nitrogens is 2. The molecule has 0 aromatic carbocycles. The van der Waals surface area contributed by atoms with Gasteiger partial charge in [0, 0.05) is 6.26 Å². The average molecular weight is 171 g/mol. The smallest absolute Gasteiger partial charge is 0.272 e. The van der Waals surface area contributed by atoms with Crippen molar-refractivity contribution in [2.24, 2.45) is 4.36 Å². The van der Waals surface area contributed by atoms with Crippen LogP contribution in [0.25, 0.3) is 0 Å². The third-order valence-electron chi connectivity index (χ3n) is 1.48. The highest BCUT2D eigenvalue weighted by atomic mass is 32.2. The van der Waals surface area contributed by atoms with Gasteiger partial charge < -0.3 is 0 Å². The van der Waals surface area contributed by atoms with Crippen LogP contribution in [-0.4, -0.2) is 26.6 Å². The zero-order valence-electron chi connectivity index (χ0n) is 5.70. The largest absolute Gasteiger partial charge is 0.304 e. The molecule has 1 aromatic heterocycles. The summed E-state index contributed by atoms with van der Waals surface area (Å²) in [5, 5.41) is 6.06. The average Bonchev–Trinajstić information content (AvgIpc) is 2.37. The molecule has 0 fully saturated rings. The van der Waals surface area contributed by atoms with Crippen LogP contribution in [0, 0.1) is 0 Å². The van der Waals surface area contributed by atoms with Crippen LogP contribution in [0.3, 0.4) is 0 Å². The number of hydrogen-bond donors (Lipinski definition) is 1. The van der Waals surface area contributed by atoms with Crippen molar-refractivity contribution >= 4 is 15.6 Å². The number of amides is 1. The van der Waals surface area contributed by atoms with E-state index in [1.54, 1.807) is 0 Å². The molecule has 1 aliphatic heterocycles. The van der Waals surface area contributed by atoms with Crippen molar-refractivity contribution in [3.8, 4) is 0 Å². The van der Waals surface area contributed by atoms with Crippen LogP contribution in [0.5, 0.6) is 0 Å². The van der Waals surface area contributed by atoms with Crippen molar-refractivity contribution in [1.29, 1.82) is 0 Å². The molecule has 11 heavy (non-hydrogen) atoms. The lowest BCUT2D eigenvalue weighted by Gasteiger charge is -1.87. The maximum absolute atomic E-state index is 11.4. The molecule has 0 saturated heterocycles. The summed E-state index contributed by atoms with van der Waals surface area (Å²) >= 11 is 0. The van der Waals surface area contributed by atoms with Crippen LogP contribution in [0.1, 0.15) is 10.5 Å². The number of fused-ring (bicyclic) bond motifs is 1. The molecule has 0 bridgehead atoms. The second-order valence-corrected chi connectivity index (χ2v) is 4.54. The van der Waals surface area contributed by atoms with E-state index in [0.717, 1.165) is 0 Å². The van der Waals surface area contributed by atoms with Crippen molar-refractivity contribution in [2.45, 2.75) is 4.90 Å². The van der Waals surface area contributed by atoms with E-state index in [-0.39, 0.29) is 5.69 Å². The molecule has 1 amide bonds. The molecular weight excluding hydrogens is 166 g/mol. The molecule has 0 saturated carbocycles. The number of H-pyrrole nitrogens is 1. The summed E-state index contributed by atoms with van der Waals surface area (Å²) in [7, 11) is -2.48. The third-order valence-corrected chi connectivity index (χ3v) is 3.12. The Morgan fingerprint density at radius 3 is 3.00 bits per heavy atom. The first kappa shape index (κ1) is 6.53. The van der Waals surface area contributed by atoms with E-state index in [2.05, 4.69) is 14.6 Å². The number of nitrogens with one attached hydrogen (secondary N) is 1. The summed E-state index contributed by atoms with van der Waals surface area (Å²) in [6.45, 7) is 0. The van der Waals surface area contributed by atoms with Gasteiger partial charge in [0.05, 0.1) is 20.8 Å². The van der Waals surface area contributed by atoms with Crippen molar-refractivity contribution in [2.75, 3.05) is 6.26 Å². The first-order valence-electron chi connectivity index (χ1n) is 2.91. The Hall–Kier alpha value is -1.17. The number of carbonyl (C=O) groups excluding carboxylic acids is 1. The Bertz CT molecular complexity index is 438. The number of nitrogens with zero attached hydrogens (tertiary/aromatic N) is 2. The second kappa shape index (κ2) is 1.70. The van der Waals surface area contributed by atoms with E-state index in [9.17, 15) is 9.00 Å². The van der Waals surface area contributed by atoms with Crippen LogP contribution >= 0.6 is 0 Å². The molecule has 1 unspecified atom stereocenters. The van der Waals surface area contributed by atoms with E-state index >= 15 is 0 Å². The maximum Gasteiger partial charge on any atom is 0.304 e. The van der Waals surface area contributed by atoms with Crippen LogP contribution < -0.4 is 0 Å². The van der Waals surface area contributed by atoms with Gasteiger partial charge in [-0.3, -0.25) is 9.89 Å². The molecular formula is C5H5N3O2S. The van der Waals surface area contributed by atoms with Crippen molar-refractivity contribution in [3.05, 3.63) is 11.9 Å². The number of carbonyl (C=O) groups is 1. The fourth-order valence-electron chi connectivity index (χ4n) is 0.969. The fraction of sp³-hybridized carbons (Fsp3) is 0.200. The Kier molecular flexibility index (Phi) is 1.01. The quantitative estimate of drug-likeness (QED) is 0.597. The Balaban J connectivity index is 2.89. The first-order valence-corrected chi connectivity index (χ1v) is 4.83. The minimum absolute atomic E-state index is 0.262. The molecule has 6 heteroatoms. The number of aromatic amines is 1. The zero-order chi connectivity index (χ0) is 8.06. The summed E-state index contributed by atoms with van der Waals surface area (Å²) < 4.78 is 14.9. The summed E-state index contributed by atoms with van der Waals surface area (Å²) in [6.07, 6.45) is 2.80. The molecule has 2 rings (SSSR count). The van der Waals surface area contributed by atoms with Crippen LogP contribution in [-0.2, 0) is 9.73 Å². The summed E-state index contributed by atoms with van der Waals surface area (Å²) in [4.78, 5) is 11.3. The standard InChI is InChI=1S/C5H5N3O2S/c1-11(10)3-2-6-7-4(3)5(9)8-11/h2H,1H3,(H,6,7). The zero-order valence-corrected chi connectivity index (χ0v) is 6.51. The molecule has 0 radical (unpaired) electrons. The topological polar surface area (TPSA) is 75.2 Å². The summed E-state index contributed by atoms with van der Waals surface area (Å²) in [5.41, 5.74) is 0.262. The van der Waals surface area contributed by atoms with Gasteiger partial charge in [-0.25, -0.2) is 4.21 Å². The van der Waals surface area contributed by atoms with Gasteiger partial charge in [0.1, 0.15) is 5.69 Å². The normalized spacial score (nSPS) is 28.3. The molecule has 1 N–H and O–H groups in total. The predicted octanol–water partition coefficient (Wildman–Crippen LogP) is 0.0202. The van der Waals surface area contributed by atoms with Gasteiger partial charge >= 0.3 is 5.91 Å². The predicted molar refractivity (Wildman–Crippen MR) is 37.7 cm³/mol. The maximum atomic E-state index is 11.4. The van der Waals surface area contributed by atoms with Gasteiger partial charge in [-0.05, 0) is 0 Å². The van der Waals surface area contributed by atoms with E-state index < -0.39 is 15.6 Å². The van der Waals surface area contributed by atoms with Crippen molar-refractivity contribution in [3.63, 3.8) is 0 Å². The SMILES string of the molecule is CS1(=O)=NC(=O)c2[nH]ncc21. The van der Waals surface area contributed by atoms with E-state index in [1.165, 1.54) is 12.5 Å². The van der Waals surface area contributed by atoms with Crippen LogP contribution in [0.2, 0.25) is 0 Å². The Labute approximate surface area is 63.0 Å². The molecule has 58 valence electrons. The van der Waals surface area contributed by atoms with Gasteiger partial charge in [-0.15, -0.1) is 0 Å². The molecule has 1 aliphatic rings. The second-order valence-electron chi connectivity index (χ2n) is 2.31. The van der Waals surface area contributed by atoms with E-state index in [4.69, 9.17) is 0 Å². The highest BCUT2D eigenvalue weighted by Gasteiger charge is 2.27. The molecule has 0 spiro atoms. The molecule has 0 aliphatic carbocycles. The summed E-state index contributed by atoms with van der Waals surface area (Å²) in [6, 6.07) is 0. The molecule has 1 atom stereocenters. The monoisotopic (exact) mass is 171 g/mol. The lowest BCUT2D eigenvalue weighted by molar-refractivity contribution is 0.100. The number of rotatable bonds is 0. The highest BCUT2D eigenvalue weighted by molar-refractivity contribution is 7.93. The lowest BCUT2D eigenvalue weighted by Crippen LogP contribution is -1.90. The van der Waals surface area contributed by atoms with Crippen LogP contribution in [0.4, 0.5) is 0 Å². The summed E-state index contributed by atoms with van der Waals surface area (Å²) in [5.74, 6) is -0.468. The van der Waals surface area contributed by atoms with E-state index in [1.807, 2.05) is 0 Å². The molecule has 2 heterocycles. The van der Waals surface area contributed by atoms with Gasteiger partial charge in [-0.1, -0.05) is 0 Å². The van der Waals surface area contributed by atoms with Crippen LogP contribution in [0.15, 0.2) is 15.5 Å². The van der Waals surface area contributed by atoms with Crippen molar-refractivity contribution < 1.29 is 9.00 Å². The van der Waals surface area contributed by atoms with Gasteiger partial charge in [0.15, 0.2) is 0 Å². The Morgan fingerprint density at radius 1 is 1.64 bits per heavy atom. The highest BCUT2D eigenvalue weighted by Crippen LogP contribution is 2.22. The minimum atomic E-state index is -2.48. The van der Waals surface area contributed by atoms with Gasteiger partial charge in [0.25, 0.3) is 0 Å². The molecule has 1 aromatic rings. The molecule has 5 nitrogen and oxygen atoms in total. The van der Waals surface area contributed by atoms with E-state index in [0.29, 0.717) is 4.90 Å². The fourth-order valence-corrected chi connectivity index (χ4v) is 2.23. The Morgan fingerprint density at radius 2 is 2.36 bits per heavy atom. The number of hydrogen-bond acceptors (Lipinski definition) is 3. The van der Waals surface area contributed by atoms with Gasteiger partial charge in [-0.2, -0.15) is 9.46 Å². The van der Waals surface area contributed by atoms with Crippen molar-refractivity contribution in [1.82, 2.24) is 10.2 Å². The lowest BCUT2D eigenvalue weighted by atomic mass is 10.4. The van der Waals surface area contributed by atoms with Gasteiger partial charge in [0.2, 0.25) is 0 Å². The minimum Gasteiger partial charge on any atom is -0.272 e.